The van der Waals surface area contributed by atoms with Crippen LogP contribution >= 0.6 is 0 Å². The predicted molar refractivity (Wildman–Crippen MR) is 208 cm³/mol. The van der Waals surface area contributed by atoms with Crippen LogP contribution in [-0.2, 0) is 25.7 Å². The molecule has 0 radical (unpaired) electrons. The van der Waals surface area contributed by atoms with Gasteiger partial charge < -0.3 is 0 Å². The average molecular weight is 633 g/mol. The molecule has 0 fully saturated rings. The Morgan fingerprint density at radius 2 is 1.71 bits per heavy atom. The maximum atomic E-state index is 4.42. The third kappa shape index (κ3) is 8.06. The standard InChI is InChI=1S/C48H56/c1-6-7-8-9-10-11-17-37-24-25-39(35(4)28-37)18-12-15-21-43-32-44(33-48(43)34(2)3)46-23-16-22-45-36(5)40(26-27-47(45)46)29-38-30-41-19-13-14-20-42(41)31-38/h13-14,19-20,24-28,30,33,46H,2,6-10,12,15-16,18,21-23,29,31-32H2,1,3-5H3. The summed E-state index contributed by atoms with van der Waals surface area (Å²) in [6.45, 7) is 13.5. The van der Waals surface area contributed by atoms with Gasteiger partial charge in [0.2, 0.25) is 0 Å². The van der Waals surface area contributed by atoms with Crippen LogP contribution in [0.2, 0.25) is 0 Å². The summed E-state index contributed by atoms with van der Waals surface area (Å²) in [6.07, 6.45) is 23.0. The Kier molecular flexibility index (Phi) is 11.4. The zero-order valence-corrected chi connectivity index (χ0v) is 30.2. The van der Waals surface area contributed by atoms with E-state index in [4.69, 9.17) is 0 Å². The molecule has 0 heteroatoms. The average Bonchev–Trinajstić information content (AvgIpc) is 3.71. The fourth-order valence-corrected chi connectivity index (χ4v) is 8.47. The molecule has 3 aliphatic rings. The lowest BCUT2D eigenvalue weighted by Gasteiger charge is -2.29. The van der Waals surface area contributed by atoms with E-state index in [-0.39, 0.29) is 0 Å². The molecule has 3 aromatic carbocycles. The van der Waals surface area contributed by atoms with E-state index in [0.29, 0.717) is 5.92 Å². The van der Waals surface area contributed by atoms with Crippen molar-refractivity contribution < 1.29 is 0 Å². The lowest BCUT2D eigenvalue weighted by molar-refractivity contribution is 0.595. The Balaban J connectivity index is 1.05. The lowest BCUT2D eigenvalue weighted by atomic mass is 9.75. The van der Waals surface area contributed by atoms with Gasteiger partial charge in [0.25, 0.3) is 0 Å². The normalized spacial score (nSPS) is 16.6. The van der Waals surface area contributed by atoms with E-state index in [1.165, 1.54) is 109 Å². The Hall–Kier alpha value is -3.82. The maximum absolute atomic E-state index is 4.42. The highest BCUT2D eigenvalue weighted by atomic mass is 14.3. The highest BCUT2D eigenvalue weighted by molar-refractivity contribution is 5.65. The highest BCUT2D eigenvalue weighted by Gasteiger charge is 2.29. The lowest BCUT2D eigenvalue weighted by Crippen LogP contribution is -2.14. The van der Waals surface area contributed by atoms with Crippen molar-refractivity contribution in [2.75, 3.05) is 0 Å². The molecule has 6 rings (SSSR count). The molecule has 0 spiro atoms. The molecule has 0 bridgehead atoms. The van der Waals surface area contributed by atoms with E-state index in [1.807, 2.05) is 0 Å². The molecule has 0 nitrogen and oxygen atoms in total. The molecule has 0 aliphatic heterocycles. The van der Waals surface area contributed by atoms with Crippen molar-refractivity contribution in [3.63, 3.8) is 0 Å². The second-order valence-electron chi connectivity index (χ2n) is 14.9. The van der Waals surface area contributed by atoms with Gasteiger partial charge >= 0.3 is 0 Å². The van der Waals surface area contributed by atoms with Crippen LogP contribution in [0.4, 0.5) is 0 Å². The summed E-state index contributed by atoms with van der Waals surface area (Å²) in [5, 5.41) is 0. The first kappa shape index (κ1) is 34.1. The fraction of sp³-hybridized carbons (Fsp3) is 0.417. The Bertz CT molecular complexity index is 1810. The molecular weight excluding hydrogens is 577 g/mol. The van der Waals surface area contributed by atoms with Crippen molar-refractivity contribution in [3.05, 3.63) is 145 Å². The van der Waals surface area contributed by atoms with E-state index >= 15 is 0 Å². The summed E-state index contributed by atoms with van der Waals surface area (Å²) in [5.41, 5.74) is 20.7. The first-order valence-electron chi connectivity index (χ1n) is 19.0. The number of unbranched alkanes of at least 4 members (excludes halogenated alkanes) is 5. The van der Waals surface area contributed by atoms with Gasteiger partial charge in [0, 0.05) is 17.9 Å². The third-order valence-corrected chi connectivity index (χ3v) is 11.2. The number of fused-ring (bicyclic) bond motifs is 2. The van der Waals surface area contributed by atoms with Gasteiger partial charge in [-0.1, -0.05) is 122 Å². The first-order valence-corrected chi connectivity index (χ1v) is 19.0. The molecule has 0 N–H and O–H groups in total. The van der Waals surface area contributed by atoms with Crippen molar-refractivity contribution in [3.8, 4) is 11.8 Å². The minimum atomic E-state index is 0.545. The van der Waals surface area contributed by atoms with Crippen molar-refractivity contribution >= 4 is 6.08 Å². The highest BCUT2D eigenvalue weighted by Crippen LogP contribution is 2.46. The van der Waals surface area contributed by atoms with Gasteiger partial charge in [0.15, 0.2) is 0 Å². The summed E-state index contributed by atoms with van der Waals surface area (Å²) in [4.78, 5) is 0. The van der Waals surface area contributed by atoms with Gasteiger partial charge in [0.1, 0.15) is 0 Å². The number of hydrogen-bond donors (Lipinski definition) is 0. The second-order valence-corrected chi connectivity index (χ2v) is 14.9. The minimum Gasteiger partial charge on any atom is -0.0979 e. The molecule has 0 amide bonds. The quantitative estimate of drug-likeness (QED) is 0.130. The van der Waals surface area contributed by atoms with Crippen LogP contribution in [0.25, 0.3) is 6.08 Å². The minimum absolute atomic E-state index is 0.545. The Labute approximate surface area is 292 Å². The molecular formula is C48H56. The SMILES string of the molecule is C=C(C)C1=C(CCCCc2ccc(C#CCCCCCC)cc2C)CC(C2CCCc3c2ccc(CC2=Cc4ccccc4C2)c3C)=C1. The smallest absolute Gasteiger partial charge is 0.0248 e. The monoisotopic (exact) mass is 632 g/mol. The van der Waals surface area contributed by atoms with Crippen LogP contribution in [0, 0.1) is 25.7 Å². The van der Waals surface area contributed by atoms with Crippen LogP contribution in [0.5, 0.6) is 0 Å². The molecule has 0 heterocycles. The number of hydrogen-bond acceptors (Lipinski definition) is 0. The molecule has 0 saturated carbocycles. The van der Waals surface area contributed by atoms with Crippen molar-refractivity contribution in [1.82, 2.24) is 0 Å². The molecule has 48 heavy (non-hydrogen) atoms. The van der Waals surface area contributed by atoms with Gasteiger partial charge in [-0.3, -0.25) is 0 Å². The van der Waals surface area contributed by atoms with Gasteiger partial charge in [-0.2, -0.15) is 0 Å². The van der Waals surface area contributed by atoms with Crippen LogP contribution in [0.1, 0.15) is 140 Å². The van der Waals surface area contributed by atoms with E-state index < -0.39 is 0 Å². The first-order chi connectivity index (χ1) is 23.4. The summed E-state index contributed by atoms with van der Waals surface area (Å²) in [6, 6.07) is 20.7. The number of aryl methyl sites for hydroxylation is 2. The van der Waals surface area contributed by atoms with Crippen LogP contribution in [-0.4, -0.2) is 0 Å². The molecule has 3 aromatic rings. The topological polar surface area (TPSA) is 0 Å². The van der Waals surface area contributed by atoms with E-state index in [9.17, 15) is 0 Å². The molecule has 3 aliphatic carbocycles. The van der Waals surface area contributed by atoms with Gasteiger partial charge in [-0.25, -0.2) is 0 Å². The van der Waals surface area contributed by atoms with E-state index in [1.54, 1.807) is 33.4 Å². The molecule has 1 unspecified atom stereocenters. The Morgan fingerprint density at radius 3 is 2.52 bits per heavy atom. The fourth-order valence-electron chi connectivity index (χ4n) is 8.47. The van der Waals surface area contributed by atoms with Gasteiger partial charge in [-0.05, 0) is 154 Å². The van der Waals surface area contributed by atoms with E-state index in [2.05, 4.69) is 113 Å². The van der Waals surface area contributed by atoms with Crippen molar-refractivity contribution in [1.29, 1.82) is 0 Å². The maximum Gasteiger partial charge on any atom is 0.0248 e. The largest absolute Gasteiger partial charge is 0.0979 e. The Morgan fingerprint density at radius 1 is 0.875 bits per heavy atom. The van der Waals surface area contributed by atoms with Crippen LogP contribution in [0.15, 0.2) is 95.1 Å². The summed E-state index contributed by atoms with van der Waals surface area (Å²) < 4.78 is 0. The summed E-state index contributed by atoms with van der Waals surface area (Å²) in [7, 11) is 0. The zero-order valence-electron chi connectivity index (χ0n) is 30.2. The molecule has 248 valence electrons. The van der Waals surface area contributed by atoms with Crippen LogP contribution < -0.4 is 0 Å². The van der Waals surface area contributed by atoms with E-state index in [0.717, 1.165) is 32.1 Å². The summed E-state index contributed by atoms with van der Waals surface area (Å²) in [5.74, 6) is 7.33. The van der Waals surface area contributed by atoms with Crippen molar-refractivity contribution in [2.24, 2.45) is 0 Å². The number of allylic oxidation sites excluding steroid dienone is 6. The number of benzene rings is 3. The molecule has 1 atom stereocenters. The molecule has 0 saturated heterocycles. The van der Waals surface area contributed by atoms with Gasteiger partial charge in [-0.15, -0.1) is 0 Å². The van der Waals surface area contributed by atoms with Crippen LogP contribution in [0.3, 0.4) is 0 Å². The van der Waals surface area contributed by atoms with Crippen molar-refractivity contribution in [2.45, 2.75) is 130 Å². The third-order valence-electron chi connectivity index (χ3n) is 11.2. The summed E-state index contributed by atoms with van der Waals surface area (Å²) >= 11 is 0. The second kappa shape index (κ2) is 16.1. The zero-order chi connectivity index (χ0) is 33.5. The van der Waals surface area contributed by atoms with Gasteiger partial charge in [0.05, 0.1) is 0 Å². The number of rotatable bonds is 13. The predicted octanol–water partition coefficient (Wildman–Crippen LogP) is 12.8. The molecule has 0 aromatic heterocycles.